The van der Waals surface area contributed by atoms with Gasteiger partial charge in [-0.1, -0.05) is 0 Å². The van der Waals surface area contributed by atoms with Crippen LogP contribution in [-0.2, 0) is 10.3 Å². The summed E-state index contributed by atoms with van der Waals surface area (Å²) in [6.45, 7) is 2.16. The van der Waals surface area contributed by atoms with Gasteiger partial charge in [-0.25, -0.2) is 19.2 Å². The number of amides is 1. The lowest BCUT2D eigenvalue weighted by Gasteiger charge is -2.36. The fourth-order valence-corrected chi connectivity index (χ4v) is 5.15. The molecule has 6 rings (SSSR count). The molecule has 9 heteroatoms. The van der Waals surface area contributed by atoms with Crippen LogP contribution in [-0.4, -0.2) is 40.0 Å². The molecular formula is C26H24FN5O3. The maximum Gasteiger partial charge on any atom is 0.376 e. The number of halogens is 1. The van der Waals surface area contributed by atoms with E-state index in [0.717, 1.165) is 36.3 Å². The molecule has 2 fully saturated rings. The summed E-state index contributed by atoms with van der Waals surface area (Å²) in [7, 11) is 1.31. The molecule has 8 nitrogen and oxygen atoms in total. The van der Waals surface area contributed by atoms with Crippen LogP contribution in [0.4, 0.5) is 15.9 Å². The van der Waals surface area contributed by atoms with Gasteiger partial charge in [-0.15, -0.1) is 0 Å². The van der Waals surface area contributed by atoms with Crippen molar-refractivity contribution in [3.05, 3.63) is 77.3 Å². The van der Waals surface area contributed by atoms with Gasteiger partial charge in [0, 0.05) is 23.7 Å². The molecular weight excluding hydrogens is 449 g/mol. The molecule has 0 radical (unpaired) electrons. The standard InChI is InChI=1S/C26H24FN5O3/c1-14-17-13-18(17)22-19(32(14)21-9-12-28-23(30-21)25(34)35-2)7-8-20(29-22)26(10-11-26)31-24(33)15-3-5-16(27)6-4-15/h3-9,12,14,17-18H,10-11,13H2,1-2H3,(H,31,33). The largest absolute Gasteiger partial charge is 0.463 e. The first-order valence-electron chi connectivity index (χ1n) is 11.7. The van der Waals surface area contributed by atoms with Gasteiger partial charge < -0.3 is 15.0 Å². The highest BCUT2D eigenvalue weighted by Crippen LogP contribution is 2.59. The fraction of sp³-hybridized carbons (Fsp3) is 0.346. The topological polar surface area (TPSA) is 97.3 Å². The number of benzene rings is 1. The molecule has 1 N–H and O–H groups in total. The first-order valence-corrected chi connectivity index (χ1v) is 11.7. The molecule has 178 valence electrons. The lowest BCUT2D eigenvalue weighted by Crippen LogP contribution is -2.38. The molecule has 1 aromatic carbocycles. The van der Waals surface area contributed by atoms with E-state index < -0.39 is 11.5 Å². The van der Waals surface area contributed by atoms with Gasteiger partial charge in [-0.3, -0.25) is 9.78 Å². The van der Waals surface area contributed by atoms with Crippen molar-refractivity contribution < 1.29 is 18.7 Å². The Morgan fingerprint density at radius 2 is 1.89 bits per heavy atom. The Morgan fingerprint density at radius 3 is 2.60 bits per heavy atom. The number of fused-ring (bicyclic) bond motifs is 3. The molecule has 3 aromatic rings. The number of nitrogens with one attached hydrogen (secondary N) is 1. The molecule has 3 unspecified atom stereocenters. The van der Waals surface area contributed by atoms with Crippen LogP contribution in [0, 0.1) is 11.7 Å². The van der Waals surface area contributed by atoms with Crippen molar-refractivity contribution in [2.75, 3.05) is 12.0 Å². The SMILES string of the molecule is COC(=O)c1nccc(N2c3ccc(C4(NC(=O)c5ccc(F)cc5)CC4)nc3C3CC3C2C)n1. The van der Waals surface area contributed by atoms with Gasteiger partial charge in [0.25, 0.3) is 5.91 Å². The average Bonchev–Trinajstić information content (AvgIpc) is 3.80. The van der Waals surface area contributed by atoms with E-state index in [2.05, 4.69) is 27.1 Å². The van der Waals surface area contributed by atoms with Gasteiger partial charge in [0.05, 0.1) is 29.7 Å². The molecule has 1 aliphatic heterocycles. The van der Waals surface area contributed by atoms with Crippen molar-refractivity contribution in [2.24, 2.45) is 5.92 Å². The third kappa shape index (κ3) is 3.62. The Bertz CT molecular complexity index is 1340. The lowest BCUT2D eigenvalue weighted by molar-refractivity contribution is 0.0586. The molecule has 3 aliphatic rings. The van der Waals surface area contributed by atoms with Crippen LogP contribution in [0.2, 0.25) is 0 Å². The summed E-state index contributed by atoms with van der Waals surface area (Å²) >= 11 is 0. The van der Waals surface area contributed by atoms with Crippen molar-refractivity contribution in [1.82, 2.24) is 20.3 Å². The van der Waals surface area contributed by atoms with E-state index in [0.29, 0.717) is 23.2 Å². The maximum atomic E-state index is 13.3. The summed E-state index contributed by atoms with van der Waals surface area (Å²) < 4.78 is 18.0. The molecule has 0 bridgehead atoms. The van der Waals surface area contributed by atoms with Gasteiger partial charge in [-0.2, -0.15) is 0 Å². The summed E-state index contributed by atoms with van der Waals surface area (Å²) in [5, 5.41) is 3.12. The van der Waals surface area contributed by atoms with Gasteiger partial charge in [0.15, 0.2) is 0 Å². The first kappa shape index (κ1) is 21.6. The van der Waals surface area contributed by atoms with E-state index >= 15 is 0 Å². The van der Waals surface area contributed by atoms with Crippen molar-refractivity contribution in [3.8, 4) is 0 Å². The van der Waals surface area contributed by atoms with Crippen molar-refractivity contribution >= 4 is 23.4 Å². The Hall–Kier alpha value is -3.88. The number of hydrogen-bond acceptors (Lipinski definition) is 7. The van der Waals surface area contributed by atoms with Crippen LogP contribution in [0.3, 0.4) is 0 Å². The second-order valence-corrected chi connectivity index (χ2v) is 9.49. The zero-order valence-corrected chi connectivity index (χ0v) is 19.4. The number of aromatic nitrogens is 3. The number of rotatable bonds is 5. The minimum atomic E-state index is -0.581. The molecule has 1 amide bonds. The number of ether oxygens (including phenoxy) is 1. The van der Waals surface area contributed by atoms with Crippen LogP contribution in [0.1, 0.15) is 64.5 Å². The number of carbonyl (C=O) groups excluding carboxylic acids is 2. The highest BCUT2D eigenvalue weighted by molar-refractivity contribution is 5.95. The average molecular weight is 474 g/mol. The molecule has 3 atom stereocenters. The number of carbonyl (C=O) groups is 2. The molecule has 2 aromatic heterocycles. The predicted molar refractivity (Wildman–Crippen MR) is 125 cm³/mol. The number of esters is 1. The second-order valence-electron chi connectivity index (χ2n) is 9.49. The molecule has 0 saturated heterocycles. The maximum absolute atomic E-state index is 13.3. The minimum absolute atomic E-state index is 0.0155. The third-order valence-corrected chi connectivity index (χ3v) is 7.34. The number of nitrogens with zero attached hydrogens (tertiary/aromatic N) is 4. The number of methoxy groups -OCH3 is 1. The minimum Gasteiger partial charge on any atom is -0.463 e. The van der Waals surface area contributed by atoms with Crippen molar-refractivity contribution in [2.45, 2.75) is 43.7 Å². The predicted octanol–water partition coefficient (Wildman–Crippen LogP) is 3.86. The van der Waals surface area contributed by atoms with E-state index in [1.54, 1.807) is 12.3 Å². The zero-order valence-electron chi connectivity index (χ0n) is 19.4. The Morgan fingerprint density at radius 1 is 1.11 bits per heavy atom. The van der Waals surface area contributed by atoms with E-state index in [9.17, 15) is 14.0 Å². The highest BCUT2D eigenvalue weighted by Gasteiger charge is 2.53. The molecule has 0 spiro atoms. The second kappa shape index (κ2) is 7.83. The van der Waals surface area contributed by atoms with Gasteiger partial charge >= 0.3 is 5.97 Å². The van der Waals surface area contributed by atoms with Gasteiger partial charge in [0.2, 0.25) is 5.82 Å². The summed E-state index contributed by atoms with van der Waals surface area (Å²) in [5.74, 6) is 0.244. The monoisotopic (exact) mass is 473 g/mol. The summed E-state index contributed by atoms with van der Waals surface area (Å²) in [5.41, 5.74) is 2.69. The smallest absolute Gasteiger partial charge is 0.376 e. The van der Waals surface area contributed by atoms with Crippen LogP contribution < -0.4 is 10.2 Å². The first-order chi connectivity index (χ1) is 16.9. The summed E-state index contributed by atoms with van der Waals surface area (Å²) in [6.07, 6.45) is 4.19. The zero-order chi connectivity index (χ0) is 24.3. The number of pyridine rings is 1. The Balaban J connectivity index is 1.32. The van der Waals surface area contributed by atoms with Crippen LogP contribution in [0.25, 0.3) is 0 Å². The number of hydrogen-bond donors (Lipinski definition) is 1. The van der Waals surface area contributed by atoms with Gasteiger partial charge in [-0.05, 0) is 74.6 Å². The number of anilines is 2. The quantitative estimate of drug-likeness (QED) is 0.562. The Kier molecular flexibility index (Phi) is 4.84. The van der Waals surface area contributed by atoms with E-state index in [-0.39, 0.29) is 23.6 Å². The van der Waals surface area contributed by atoms with Crippen molar-refractivity contribution in [3.63, 3.8) is 0 Å². The lowest BCUT2D eigenvalue weighted by atomic mass is 9.99. The van der Waals surface area contributed by atoms with Crippen LogP contribution in [0.15, 0.2) is 48.7 Å². The van der Waals surface area contributed by atoms with Crippen LogP contribution in [0.5, 0.6) is 0 Å². The Labute approximate surface area is 201 Å². The normalized spacial score (nSPS) is 23.1. The molecule has 2 saturated carbocycles. The fourth-order valence-electron chi connectivity index (χ4n) is 5.15. The summed E-state index contributed by atoms with van der Waals surface area (Å²) in [4.78, 5) is 40.5. The molecule has 35 heavy (non-hydrogen) atoms. The van der Waals surface area contributed by atoms with Gasteiger partial charge in [0.1, 0.15) is 11.6 Å². The van der Waals surface area contributed by atoms with E-state index in [1.807, 2.05) is 12.1 Å². The third-order valence-electron chi connectivity index (χ3n) is 7.34. The molecule has 3 heterocycles. The van der Waals surface area contributed by atoms with Crippen LogP contribution >= 0.6 is 0 Å². The molecule has 2 aliphatic carbocycles. The summed E-state index contributed by atoms with van der Waals surface area (Å²) in [6, 6.07) is 11.5. The highest BCUT2D eigenvalue weighted by atomic mass is 19.1. The van der Waals surface area contributed by atoms with E-state index in [1.165, 1.54) is 31.4 Å². The van der Waals surface area contributed by atoms with E-state index in [4.69, 9.17) is 9.72 Å². The van der Waals surface area contributed by atoms with Crippen molar-refractivity contribution in [1.29, 1.82) is 0 Å².